The number of hydrogen-bond acceptors (Lipinski definition) is 5. The molecule has 0 spiro atoms. The Labute approximate surface area is 216 Å². The van der Waals surface area contributed by atoms with Crippen molar-refractivity contribution in [1.29, 1.82) is 0 Å². The normalized spacial score (nSPS) is 11.2. The van der Waals surface area contributed by atoms with Crippen molar-refractivity contribution < 1.29 is 17.9 Å². The van der Waals surface area contributed by atoms with Gasteiger partial charge in [0, 0.05) is 16.5 Å². The van der Waals surface area contributed by atoms with Crippen molar-refractivity contribution in [3.8, 4) is 5.75 Å². The lowest BCUT2D eigenvalue weighted by molar-refractivity contribution is -0.119. The van der Waals surface area contributed by atoms with Gasteiger partial charge in [-0.25, -0.2) is 8.42 Å². The highest BCUT2D eigenvalue weighted by molar-refractivity contribution is 7.99. The second kappa shape index (κ2) is 12.9. The van der Waals surface area contributed by atoms with Gasteiger partial charge in [-0.1, -0.05) is 41.4 Å². The largest absolute Gasteiger partial charge is 0.492 e. The first kappa shape index (κ1) is 26.9. The maximum absolute atomic E-state index is 13.5. The number of thioether (sulfide) groups is 1. The molecule has 0 saturated carbocycles. The zero-order chi connectivity index (χ0) is 25.3. The molecule has 0 saturated heterocycles. The van der Waals surface area contributed by atoms with E-state index in [0.29, 0.717) is 29.6 Å². The molecule has 0 heterocycles. The van der Waals surface area contributed by atoms with Gasteiger partial charge in [0.1, 0.15) is 12.3 Å². The number of benzene rings is 3. The molecule has 1 amide bonds. The van der Waals surface area contributed by atoms with E-state index in [9.17, 15) is 13.2 Å². The Bertz CT molecular complexity index is 1220. The monoisotopic (exact) mass is 532 g/mol. The van der Waals surface area contributed by atoms with Crippen LogP contribution in [0.1, 0.15) is 18.9 Å². The van der Waals surface area contributed by atoms with Crippen LogP contribution in [0.3, 0.4) is 0 Å². The van der Waals surface area contributed by atoms with Gasteiger partial charge in [0.25, 0.3) is 10.0 Å². The van der Waals surface area contributed by atoms with Gasteiger partial charge in [0.05, 0.1) is 17.2 Å². The van der Waals surface area contributed by atoms with E-state index in [1.165, 1.54) is 34.7 Å². The average molecular weight is 533 g/mol. The van der Waals surface area contributed by atoms with Gasteiger partial charge >= 0.3 is 0 Å². The summed E-state index contributed by atoms with van der Waals surface area (Å²) in [7, 11) is -4.05. The molecule has 3 rings (SSSR count). The Morgan fingerprint density at radius 3 is 2.40 bits per heavy atom. The minimum atomic E-state index is -4.05. The molecule has 1 N–H and O–H groups in total. The van der Waals surface area contributed by atoms with Gasteiger partial charge < -0.3 is 10.1 Å². The molecule has 0 atom stereocenters. The van der Waals surface area contributed by atoms with Crippen molar-refractivity contribution in [2.24, 2.45) is 0 Å². The molecule has 3 aromatic rings. The molecule has 0 bridgehead atoms. The quantitative estimate of drug-likeness (QED) is 0.245. The number of nitrogens with one attached hydrogen (secondary N) is 1. The van der Waals surface area contributed by atoms with Crippen molar-refractivity contribution in [3.05, 3.63) is 83.4 Å². The number of ether oxygens (including phenoxy) is 1. The molecule has 0 radical (unpaired) electrons. The minimum Gasteiger partial charge on any atom is -0.492 e. The second-order valence-electron chi connectivity index (χ2n) is 7.73. The molecule has 0 aliphatic heterocycles. The number of aryl methyl sites for hydroxylation is 1. The number of sulfonamides is 1. The number of nitrogens with zero attached hydrogens (tertiary/aromatic N) is 1. The topological polar surface area (TPSA) is 75.7 Å². The van der Waals surface area contributed by atoms with Gasteiger partial charge in [0.15, 0.2) is 0 Å². The number of amides is 1. The lowest BCUT2D eigenvalue weighted by atomic mass is 10.2. The van der Waals surface area contributed by atoms with Crippen LogP contribution in [0, 0.1) is 6.92 Å². The summed E-state index contributed by atoms with van der Waals surface area (Å²) < 4.78 is 33.8. The van der Waals surface area contributed by atoms with Crippen LogP contribution in [0.4, 0.5) is 5.69 Å². The van der Waals surface area contributed by atoms with Gasteiger partial charge in [-0.2, -0.15) is 0 Å². The van der Waals surface area contributed by atoms with Crippen LogP contribution in [0.15, 0.2) is 82.6 Å². The number of carbonyl (C=O) groups excluding carboxylic acids is 1. The Kier molecular flexibility index (Phi) is 9.89. The highest BCUT2D eigenvalue weighted by Crippen LogP contribution is 2.32. The molecule has 0 aromatic heterocycles. The first-order chi connectivity index (χ1) is 16.8. The molecule has 0 unspecified atom stereocenters. The van der Waals surface area contributed by atoms with Crippen LogP contribution in [0.25, 0.3) is 0 Å². The van der Waals surface area contributed by atoms with Gasteiger partial charge in [0.2, 0.25) is 5.91 Å². The van der Waals surface area contributed by atoms with E-state index in [4.69, 9.17) is 16.3 Å². The van der Waals surface area contributed by atoms with Gasteiger partial charge in [-0.15, -0.1) is 11.8 Å². The van der Waals surface area contributed by atoms with E-state index in [0.717, 1.165) is 16.5 Å². The van der Waals surface area contributed by atoms with Crippen molar-refractivity contribution in [3.63, 3.8) is 0 Å². The predicted molar refractivity (Wildman–Crippen MR) is 143 cm³/mol. The highest BCUT2D eigenvalue weighted by Gasteiger charge is 2.29. The Morgan fingerprint density at radius 2 is 1.71 bits per heavy atom. The molecule has 6 nitrogen and oxygen atoms in total. The standard InChI is InChI=1S/C26H29ClN2O4S2/c1-3-33-25-8-5-4-7-24(25)29(35(31,32)23-15-11-21(27)12-16-23)19-26(30)28-17-6-18-34-22-13-9-20(2)10-14-22/h4-5,7-16H,3,6,17-19H2,1-2H3,(H,28,30). The fraction of sp³-hybridized carbons (Fsp3) is 0.269. The number of para-hydroxylation sites is 2. The Balaban J connectivity index is 1.70. The van der Waals surface area contributed by atoms with Crippen molar-refractivity contribution in [2.75, 3.05) is 29.8 Å². The molecular formula is C26H29ClN2O4S2. The third-order valence-corrected chi connectivity index (χ3v) is 8.18. The first-order valence-corrected chi connectivity index (χ1v) is 14.1. The van der Waals surface area contributed by atoms with Crippen molar-refractivity contribution in [1.82, 2.24) is 5.32 Å². The average Bonchev–Trinajstić information content (AvgIpc) is 2.84. The lowest BCUT2D eigenvalue weighted by Crippen LogP contribution is -2.41. The molecule has 9 heteroatoms. The van der Waals surface area contributed by atoms with E-state index in [1.807, 2.05) is 13.8 Å². The first-order valence-electron chi connectivity index (χ1n) is 11.3. The molecule has 0 aliphatic carbocycles. The van der Waals surface area contributed by atoms with Crippen molar-refractivity contribution in [2.45, 2.75) is 30.1 Å². The van der Waals surface area contributed by atoms with E-state index in [-0.39, 0.29) is 11.4 Å². The van der Waals surface area contributed by atoms with E-state index in [1.54, 1.807) is 36.0 Å². The SMILES string of the molecule is CCOc1ccccc1N(CC(=O)NCCCSc1ccc(C)cc1)S(=O)(=O)c1ccc(Cl)cc1. The lowest BCUT2D eigenvalue weighted by Gasteiger charge is -2.26. The van der Waals surface area contributed by atoms with Crippen LogP contribution < -0.4 is 14.4 Å². The van der Waals surface area contributed by atoms with Gasteiger partial charge in [-0.05, 0) is 74.6 Å². The maximum atomic E-state index is 13.5. The highest BCUT2D eigenvalue weighted by atomic mass is 35.5. The molecule has 35 heavy (non-hydrogen) atoms. The summed E-state index contributed by atoms with van der Waals surface area (Å²) in [5.74, 6) is 0.826. The van der Waals surface area contributed by atoms with E-state index >= 15 is 0 Å². The summed E-state index contributed by atoms with van der Waals surface area (Å²) in [6.45, 7) is 4.29. The Morgan fingerprint density at radius 1 is 1.03 bits per heavy atom. The fourth-order valence-electron chi connectivity index (χ4n) is 3.29. The minimum absolute atomic E-state index is 0.0375. The number of rotatable bonds is 12. The number of carbonyl (C=O) groups is 1. The summed E-state index contributed by atoms with van der Waals surface area (Å²) in [4.78, 5) is 14.0. The fourth-order valence-corrected chi connectivity index (χ4v) is 5.70. The summed E-state index contributed by atoms with van der Waals surface area (Å²) in [5.41, 5.74) is 1.51. The predicted octanol–water partition coefficient (Wildman–Crippen LogP) is 5.54. The van der Waals surface area contributed by atoms with E-state index in [2.05, 4.69) is 29.6 Å². The number of hydrogen-bond donors (Lipinski definition) is 1. The molecule has 186 valence electrons. The van der Waals surface area contributed by atoms with Crippen LogP contribution in [-0.2, 0) is 14.8 Å². The summed E-state index contributed by atoms with van der Waals surface area (Å²) >= 11 is 7.66. The van der Waals surface area contributed by atoms with E-state index < -0.39 is 15.9 Å². The summed E-state index contributed by atoms with van der Waals surface area (Å²) in [6.07, 6.45) is 0.754. The molecule has 3 aromatic carbocycles. The number of anilines is 1. The molecular weight excluding hydrogens is 504 g/mol. The van der Waals surface area contributed by atoms with Crippen molar-refractivity contribution >= 4 is 45.0 Å². The van der Waals surface area contributed by atoms with Crippen LogP contribution in [0.2, 0.25) is 5.02 Å². The molecule has 0 aliphatic rings. The van der Waals surface area contributed by atoms with Crippen LogP contribution in [-0.4, -0.2) is 39.8 Å². The number of halogens is 1. The van der Waals surface area contributed by atoms with Crippen LogP contribution >= 0.6 is 23.4 Å². The second-order valence-corrected chi connectivity index (χ2v) is 11.2. The van der Waals surface area contributed by atoms with Gasteiger partial charge in [-0.3, -0.25) is 9.10 Å². The van der Waals surface area contributed by atoms with Crippen LogP contribution in [0.5, 0.6) is 5.75 Å². The smallest absolute Gasteiger partial charge is 0.264 e. The zero-order valence-electron chi connectivity index (χ0n) is 19.7. The third kappa shape index (κ3) is 7.65. The third-order valence-electron chi connectivity index (χ3n) is 5.06. The zero-order valence-corrected chi connectivity index (χ0v) is 22.1. The Hall–Kier alpha value is -2.68. The maximum Gasteiger partial charge on any atom is 0.264 e. The summed E-state index contributed by atoms with van der Waals surface area (Å²) in [5, 5.41) is 3.26. The summed E-state index contributed by atoms with van der Waals surface area (Å²) in [6, 6.07) is 20.9. The molecule has 0 fully saturated rings.